The van der Waals surface area contributed by atoms with E-state index < -0.39 is 66.9 Å². The first-order chi connectivity index (χ1) is 14.2. The Morgan fingerprint density at radius 2 is 1.09 bits per heavy atom. The van der Waals surface area contributed by atoms with Gasteiger partial charge in [-0.2, -0.15) is 0 Å². The van der Waals surface area contributed by atoms with E-state index in [0.29, 0.717) is 12.1 Å². The number of nitrogens with one attached hydrogen (secondary N) is 1. The molecule has 1 aromatic carbocycles. The van der Waals surface area contributed by atoms with Crippen LogP contribution in [-0.4, -0.2) is 48.0 Å². The Morgan fingerprint density at radius 3 is 1.38 bits per heavy atom. The van der Waals surface area contributed by atoms with Gasteiger partial charge in [-0.25, -0.2) is 0 Å². The average molecular weight is 511 g/mol. The number of carbonyl (C=O) groups excluding carboxylic acids is 1. The molecular weight excluding hydrogens is 501 g/mol. The first-order valence-corrected chi connectivity index (χ1v) is 10.5. The Kier molecular flexibility index (Phi) is 4.97. The van der Waals surface area contributed by atoms with Crippen LogP contribution >= 0.6 is 7.21 Å². The van der Waals surface area contributed by atoms with Crippen LogP contribution in [0.4, 0.5) is 52.7 Å². The quantitative estimate of drug-likeness (QED) is 0.431. The van der Waals surface area contributed by atoms with Crippen molar-refractivity contribution in [1.29, 1.82) is 0 Å². The van der Waals surface area contributed by atoms with Gasteiger partial charge in [0.1, 0.15) is 0 Å². The van der Waals surface area contributed by atoms with Crippen molar-refractivity contribution in [3.8, 4) is 0 Å². The summed E-state index contributed by atoms with van der Waals surface area (Å²) in [6.45, 7) is 0. The molecule has 0 radical (unpaired) electrons. The third-order valence-corrected chi connectivity index (χ3v) is 9.53. The van der Waals surface area contributed by atoms with Gasteiger partial charge in [-0.3, -0.25) is 0 Å². The number of benzene rings is 1. The van der Waals surface area contributed by atoms with Gasteiger partial charge in [0.2, 0.25) is 0 Å². The second-order valence-corrected chi connectivity index (χ2v) is 10.8. The van der Waals surface area contributed by atoms with Crippen LogP contribution in [0.15, 0.2) is 30.3 Å². The zero-order chi connectivity index (χ0) is 24.7. The maximum atomic E-state index is 13.9. The van der Waals surface area contributed by atoms with Crippen molar-refractivity contribution >= 4 is 18.4 Å². The van der Waals surface area contributed by atoms with E-state index in [9.17, 15) is 57.5 Å². The molecular formula is C15H10F12NO3P. The van der Waals surface area contributed by atoms with Crippen molar-refractivity contribution < 1.29 is 66.5 Å². The van der Waals surface area contributed by atoms with Gasteiger partial charge < -0.3 is 0 Å². The Bertz CT molecular complexity index is 853. The minimum absolute atomic E-state index is 0.615. The molecule has 182 valence electrons. The van der Waals surface area contributed by atoms with E-state index in [1.54, 1.807) is 0 Å². The molecule has 0 atom stereocenters. The zero-order valence-corrected chi connectivity index (χ0v) is 15.9. The van der Waals surface area contributed by atoms with Crippen LogP contribution in [0.25, 0.3) is 0 Å². The van der Waals surface area contributed by atoms with Gasteiger partial charge in [-0.05, 0) is 0 Å². The van der Waals surface area contributed by atoms with Crippen LogP contribution < -0.4 is 10.4 Å². The monoisotopic (exact) mass is 511 g/mol. The molecule has 4 nitrogen and oxygen atoms in total. The van der Waals surface area contributed by atoms with E-state index in [2.05, 4.69) is 9.05 Å². The molecule has 32 heavy (non-hydrogen) atoms. The van der Waals surface area contributed by atoms with Crippen molar-refractivity contribution in [2.24, 2.45) is 0 Å². The number of carbonyl (C=O) groups is 1. The van der Waals surface area contributed by atoms with E-state index in [1.165, 1.54) is 5.09 Å². The van der Waals surface area contributed by atoms with Crippen LogP contribution in [0.3, 0.4) is 0 Å². The number of hydrogen-bond donors (Lipinski definition) is 1. The summed E-state index contributed by atoms with van der Waals surface area (Å²) in [5, 5.41) is 0.388. The maximum absolute atomic E-state index is 13.9. The van der Waals surface area contributed by atoms with E-state index in [0.717, 1.165) is 18.2 Å². The Balaban J connectivity index is 2.59. The van der Waals surface area contributed by atoms with Crippen LogP contribution in [0.1, 0.15) is 6.42 Å². The molecule has 1 N–H and O–H groups in total. The molecule has 1 amide bonds. The number of alkyl halides is 12. The summed E-state index contributed by atoms with van der Waals surface area (Å²) in [5.41, 5.74) is -13.9. The first kappa shape index (κ1) is 24.8. The molecule has 2 fully saturated rings. The van der Waals surface area contributed by atoms with Crippen molar-refractivity contribution in [2.45, 2.75) is 42.3 Å². The normalized spacial score (nSPS) is 25.9. The Labute approximate surface area is 170 Å². The fourth-order valence-electron chi connectivity index (χ4n) is 3.89. The zero-order valence-electron chi connectivity index (χ0n) is 15.0. The minimum atomic E-state index is -7.35. The fourth-order valence-corrected chi connectivity index (χ4v) is 8.74. The fraction of sp³-hybridized carbons (Fsp3) is 0.533. The van der Waals surface area contributed by atoms with Crippen LogP contribution in [-0.2, 0) is 13.8 Å². The summed E-state index contributed by atoms with van der Waals surface area (Å²) >= 11 is 0. The third-order valence-electron chi connectivity index (χ3n) is 5.13. The Morgan fingerprint density at radius 1 is 0.719 bits per heavy atom. The van der Waals surface area contributed by atoms with E-state index in [4.69, 9.17) is 0 Å². The molecule has 2 aliphatic rings. The summed E-state index contributed by atoms with van der Waals surface area (Å²) in [5.74, 6) is -1.45. The van der Waals surface area contributed by atoms with Crippen molar-refractivity contribution in [2.75, 3.05) is 6.16 Å². The molecule has 1 aromatic rings. The van der Waals surface area contributed by atoms with E-state index in [1.807, 2.05) is 0 Å². The second-order valence-electron chi connectivity index (χ2n) is 7.01. The van der Waals surface area contributed by atoms with Crippen LogP contribution in [0, 0.1) is 0 Å². The van der Waals surface area contributed by atoms with Gasteiger partial charge in [0.25, 0.3) is 0 Å². The molecule has 2 aliphatic heterocycles. The number of halogens is 12. The summed E-state index contributed by atoms with van der Waals surface area (Å²) in [4.78, 5) is 11.8. The first-order valence-electron chi connectivity index (χ1n) is 8.27. The SMILES string of the molecule is O=C1CCP2(c3ccccc3)(N1)OC(C(F)(F)F)(C(F)(F)F)C(C(F)(F)F)(C(F)(F)F)O2. The van der Waals surface area contributed by atoms with Gasteiger partial charge in [0.05, 0.1) is 0 Å². The summed E-state index contributed by atoms with van der Waals surface area (Å²) < 4.78 is 174. The van der Waals surface area contributed by atoms with E-state index in [-0.39, 0.29) is 0 Å². The number of amides is 1. The molecule has 0 unspecified atom stereocenters. The van der Waals surface area contributed by atoms with Crippen LogP contribution in [0.5, 0.6) is 0 Å². The summed E-state index contributed by atoms with van der Waals surface area (Å²) in [6, 6.07) is 4.15. The van der Waals surface area contributed by atoms with Gasteiger partial charge in [-0.15, -0.1) is 0 Å². The number of rotatable bonds is 1. The average Bonchev–Trinajstić information content (AvgIpc) is 3.10. The predicted molar refractivity (Wildman–Crippen MR) is 82.5 cm³/mol. The van der Waals surface area contributed by atoms with Crippen molar-refractivity contribution in [3.05, 3.63) is 30.3 Å². The van der Waals surface area contributed by atoms with Gasteiger partial charge in [-0.1, -0.05) is 0 Å². The molecule has 0 aliphatic carbocycles. The van der Waals surface area contributed by atoms with Crippen LogP contribution in [0.2, 0.25) is 0 Å². The molecule has 2 heterocycles. The summed E-state index contributed by atoms with van der Waals surface area (Å²) in [6.07, 6.45) is -31.9. The molecule has 1 spiro atoms. The standard InChI is InChI=1S/C15H10F12NO3P/c16-12(17,18)10(13(19,20)21)11(14(22,23)24,15(25,26)27)31-32(30-10,7-6-9(29)28-32)8-4-2-1-3-5-8/h1-5H,6-7H2,(H,28,29). The molecule has 0 aromatic heterocycles. The molecule has 2 saturated heterocycles. The second kappa shape index (κ2) is 6.41. The Hall–Kier alpha value is -1.80. The molecule has 0 saturated carbocycles. The molecule has 17 heteroatoms. The third kappa shape index (κ3) is 2.81. The van der Waals surface area contributed by atoms with Crippen molar-refractivity contribution in [3.63, 3.8) is 0 Å². The topological polar surface area (TPSA) is 47.6 Å². The molecule has 0 bridgehead atoms. The van der Waals surface area contributed by atoms with Gasteiger partial charge in [0.15, 0.2) is 0 Å². The van der Waals surface area contributed by atoms with E-state index >= 15 is 0 Å². The molecule has 3 rings (SSSR count). The number of hydrogen-bond acceptors (Lipinski definition) is 3. The predicted octanol–water partition coefficient (Wildman–Crippen LogP) is 4.90. The van der Waals surface area contributed by atoms with Gasteiger partial charge >= 0.3 is 169 Å². The van der Waals surface area contributed by atoms with Gasteiger partial charge in [0, 0.05) is 0 Å². The summed E-state index contributed by atoms with van der Waals surface area (Å²) in [7, 11) is -6.66. The van der Waals surface area contributed by atoms with Crippen molar-refractivity contribution in [1.82, 2.24) is 5.09 Å².